The summed E-state index contributed by atoms with van der Waals surface area (Å²) in [5.41, 5.74) is 0.515. The third-order valence-electron chi connectivity index (χ3n) is 2.47. The van der Waals surface area contributed by atoms with Gasteiger partial charge in [0.25, 0.3) is 0 Å². The van der Waals surface area contributed by atoms with Gasteiger partial charge in [-0.15, -0.1) is 0 Å². The Morgan fingerprint density at radius 1 is 1.29 bits per heavy atom. The number of hydrogen-bond acceptors (Lipinski definition) is 1. The lowest BCUT2D eigenvalue weighted by Crippen LogP contribution is -2.23. The molecule has 0 aliphatic carbocycles. The van der Waals surface area contributed by atoms with Gasteiger partial charge in [-0.05, 0) is 31.5 Å². The van der Waals surface area contributed by atoms with E-state index < -0.39 is 11.6 Å². The van der Waals surface area contributed by atoms with Gasteiger partial charge in [-0.1, -0.05) is 32.1 Å². The third-order valence-corrected chi connectivity index (χ3v) is 2.47. The molecule has 0 atom stereocenters. The highest BCUT2D eigenvalue weighted by Crippen LogP contribution is 2.17. The normalized spacial score (nSPS) is 11.6. The molecule has 0 heterocycles. The predicted octanol–water partition coefficient (Wildman–Crippen LogP) is 3.67. The second-order valence-electron chi connectivity index (χ2n) is 4.39. The standard InChI is InChI=1S/C14H19F2N/c1-10(2)17-9-5-4-6-12-13(15)8-7-11(3)14(12)16/h4,6-8,10,17H,5,9H2,1-3H3/b6-4+. The van der Waals surface area contributed by atoms with Crippen molar-refractivity contribution in [2.45, 2.75) is 33.2 Å². The average Bonchev–Trinajstić information content (AvgIpc) is 2.27. The summed E-state index contributed by atoms with van der Waals surface area (Å²) in [7, 11) is 0. The molecule has 0 unspecified atom stereocenters. The van der Waals surface area contributed by atoms with E-state index in [1.807, 2.05) is 0 Å². The second-order valence-corrected chi connectivity index (χ2v) is 4.39. The molecule has 0 aliphatic rings. The molecule has 0 fully saturated rings. The van der Waals surface area contributed by atoms with E-state index in [1.165, 1.54) is 18.2 Å². The summed E-state index contributed by atoms with van der Waals surface area (Å²) in [5, 5.41) is 3.23. The van der Waals surface area contributed by atoms with Crippen LogP contribution >= 0.6 is 0 Å². The maximum atomic E-state index is 13.6. The van der Waals surface area contributed by atoms with E-state index >= 15 is 0 Å². The van der Waals surface area contributed by atoms with Gasteiger partial charge in [-0.3, -0.25) is 0 Å². The van der Waals surface area contributed by atoms with Crippen molar-refractivity contribution in [3.8, 4) is 0 Å². The van der Waals surface area contributed by atoms with E-state index in [2.05, 4.69) is 19.2 Å². The van der Waals surface area contributed by atoms with Gasteiger partial charge < -0.3 is 5.32 Å². The molecule has 0 saturated carbocycles. The highest BCUT2D eigenvalue weighted by atomic mass is 19.1. The van der Waals surface area contributed by atoms with Crippen molar-refractivity contribution in [3.05, 3.63) is 41.0 Å². The summed E-state index contributed by atoms with van der Waals surface area (Å²) in [6.45, 7) is 6.56. The van der Waals surface area contributed by atoms with Crippen molar-refractivity contribution in [1.29, 1.82) is 0 Å². The number of hydrogen-bond donors (Lipinski definition) is 1. The Balaban J connectivity index is 2.62. The Morgan fingerprint density at radius 3 is 2.65 bits per heavy atom. The molecule has 0 radical (unpaired) electrons. The van der Waals surface area contributed by atoms with E-state index in [0.29, 0.717) is 11.6 Å². The second kappa shape index (κ2) is 6.50. The van der Waals surface area contributed by atoms with Crippen LogP contribution in [0.5, 0.6) is 0 Å². The molecule has 1 aromatic carbocycles. The van der Waals surface area contributed by atoms with Gasteiger partial charge in [-0.2, -0.15) is 0 Å². The minimum absolute atomic E-state index is 0.0505. The lowest BCUT2D eigenvalue weighted by Gasteiger charge is -2.05. The lowest BCUT2D eigenvalue weighted by atomic mass is 10.1. The molecule has 17 heavy (non-hydrogen) atoms. The van der Waals surface area contributed by atoms with E-state index in [4.69, 9.17) is 0 Å². The SMILES string of the molecule is Cc1ccc(F)c(/C=C/CCNC(C)C)c1F. The summed E-state index contributed by atoms with van der Waals surface area (Å²) in [4.78, 5) is 0. The van der Waals surface area contributed by atoms with E-state index in [-0.39, 0.29) is 5.56 Å². The van der Waals surface area contributed by atoms with Gasteiger partial charge in [0.15, 0.2) is 0 Å². The van der Waals surface area contributed by atoms with Crippen LogP contribution in [-0.4, -0.2) is 12.6 Å². The molecule has 1 N–H and O–H groups in total. The Labute approximate surface area is 102 Å². The molecule has 1 nitrogen and oxygen atoms in total. The molecule has 1 rings (SSSR count). The molecule has 1 aromatic rings. The summed E-state index contributed by atoms with van der Waals surface area (Å²) >= 11 is 0. The first-order valence-corrected chi connectivity index (χ1v) is 5.87. The number of aryl methyl sites for hydroxylation is 1. The summed E-state index contributed by atoms with van der Waals surface area (Å²) in [6.07, 6.45) is 4.06. The zero-order valence-electron chi connectivity index (χ0n) is 10.6. The van der Waals surface area contributed by atoms with Crippen molar-refractivity contribution in [1.82, 2.24) is 5.32 Å². The van der Waals surface area contributed by atoms with Crippen molar-refractivity contribution < 1.29 is 8.78 Å². The number of rotatable bonds is 5. The van der Waals surface area contributed by atoms with Gasteiger partial charge in [0.2, 0.25) is 0 Å². The molecule has 0 aliphatic heterocycles. The van der Waals surface area contributed by atoms with Crippen LogP contribution in [0.4, 0.5) is 8.78 Å². The zero-order valence-corrected chi connectivity index (χ0v) is 10.6. The lowest BCUT2D eigenvalue weighted by molar-refractivity contribution is 0.572. The van der Waals surface area contributed by atoms with E-state index in [0.717, 1.165) is 13.0 Å². The van der Waals surface area contributed by atoms with Crippen LogP contribution in [0.2, 0.25) is 0 Å². The fourth-order valence-electron chi connectivity index (χ4n) is 1.49. The molecule has 0 bridgehead atoms. The Kier molecular flexibility index (Phi) is 5.29. The highest BCUT2D eigenvalue weighted by molar-refractivity contribution is 5.52. The Bertz CT molecular complexity index is 397. The van der Waals surface area contributed by atoms with Crippen molar-refractivity contribution in [3.63, 3.8) is 0 Å². The number of benzene rings is 1. The van der Waals surface area contributed by atoms with E-state index in [1.54, 1.807) is 13.0 Å². The molecular formula is C14H19F2N. The van der Waals surface area contributed by atoms with Crippen LogP contribution < -0.4 is 5.32 Å². The van der Waals surface area contributed by atoms with Crippen LogP contribution in [0.3, 0.4) is 0 Å². The monoisotopic (exact) mass is 239 g/mol. The Hall–Kier alpha value is -1.22. The van der Waals surface area contributed by atoms with Crippen LogP contribution in [0.25, 0.3) is 6.08 Å². The van der Waals surface area contributed by atoms with Crippen LogP contribution in [0, 0.1) is 18.6 Å². The van der Waals surface area contributed by atoms with Crippen molar-refractivity contribution in [2.75, 3.05) is 6.54 Å². The smallest absolute Gasteiger partial charge is 0.136 e. The molecular weight excluding hydrogens is 220 g/mol. The van der Waals surface area contributed by atoms with Crippen molar-refractivity contribution in [2.24, 2.45) is 0 Å². The Morgan fingerprint density at radius 2 is 2.00 bits per heavy atom. The van der Waals surface area contributed by atoms with Crippen LogP contribution in [-0.2, 0) is 0 Å². The maximum absolute atomic E-state index is 13.6. The minimum Gasteiger partial charge on any atom is -0.314 e. The first kappa shape index (κ1) is 13.8. The number of halogens is 2. The number of nitrogens with one attached hydrogen (secondary N) is 1. The van der Waals surface area contributed by atoms with Gasteiger partial charge in [0.1, 0.15) is 11.6 Å². The minimum atomic E-state index is -0.513. The maximum Gasteiger partial charge on any atom is 0.136 e. The molecule has 94 valence electrons. The molecule has 0 amide bonds. The summed E-state index contributed by atoms with van der Waals surface area (Å²) < 4.78 is 27.0. The average molecular weight is 239 g/mol. The zero-order chi connectivity index (χ0) is 12.8. The largest absolute Gasteiger partial charge is 0.314 e. The van der Waals surface area contributed by atoms with Gasteiger partial charge >= 0.3 is 0 Å². The van der Waals surface area contributed by atoms with Gasteiger partial charge in [0.05, 0.1) is 0 Å². The quantitative estimate of drug-likeness (QED) is 0.773. The van der Waals surface area contributed by atoms with Crippen molar-refractivity contribution >= 4 is 6.08 Å². The fourth-order valence-corrected chi connectivity index (χ4v) is 1.49. The first-order chi connectivity index (χ1) is 8.02. The summed E-state index contributed by atoms with van der Waals surface area (Å²) in [6, 6.07) is 3.17. The first-order valence-electron chi connectivity index (χ1n) is 5.87. The molecule has 0 saturated heterocycles. The third kappa shape index (κ3) is 4.27. The van der Waals surface area contributed by atoms with Crippen LogP contribution in [0.15, 0.2) is 18.2 Å². The molecule has 0 spiro atoms. The molecule has 3 heteroatoms. The van der Waals surface area contributed by atoms with Gasteiger partial charge in [-0.25, -0.2) is 8.78 Å². The van der Waals surface area contributed by atoms with E-state index in [9.17, 15) is 8.78 Å². The topological polar surface area (TPSA) is 12.0 Å². The molecule has 0 aromatic heterocycles. The van der Waals surface area contributed by atoms with Crippen LogP contribution in [0.1, 0.15) is 31.4 Å². The summed E-state index contributed by atoms with van der Waals surface area (Å²) in [5.74, 6) is -0.987. The predicted molar refractivity (Wildman–Crippen MR) is 67.9 cm³/mol. The van der Waals surface area contributed by atoms with Gasteiger partial charge in [0, 0.05) is 11.6 Å². The fraction of sp³-hybridized carbons (Fsp3) is 0.429. The highest BCUT2D eigenvalue weighted by Gasteiger charge is 2.07.